The lowest BCUT2D eigenvalue weighted by Gasteiger charge is -2.22. The van der Waals surface area contributed by atoms with Crippen LogP contribution < -0.4 is 15.0 Å². The monoisotopic (exact) mass is 446 g/mol. The second-order valence-electron chi connectivity index (χ2n) is 8.75. The number of nitrogens with one attached hydrogen (secondary N) is 1. The summed E-state index contributed by atoms with van der Waals surface area (Å²) in [4.78, 5) is 24.4. The topological polar surface area (TPSA) is 67.3 Å². The van der Waals surface area contributed by atoms with Gasteiger partial charge in [0.05, 0.1) is 24.9 Å². The van der Waals surface area contributed by atoms with Gasteiger partial charge in [-0.2, -0.15) is 0 Å². The van der Waals surface area contributed by atoms with Crippen molar-refractivity contribution in [2.45, 2.75) is 44.7 Å². The number of benzene rings is 1. The molecule has 33 heavy (non-hydrogen) atoms. The third-order valence-electron chi connectivity index (χ3n) is 6.80. The van der Waals surface area contributed by atoms with Crippen molar-refractivity contribution in [3.05, 3.63) is 70.8 Å². The average Bonchev–Trinajstić information content (AvgIpc) is 3.43. The van der Waals surface area contributed by atoms with Crippen molar-refractivity contribution in [3.63, 3.8) is 0 Å². The highest BCUT2D eigenvalue weighted by atomic mass is 19.1. The minimum absolute atomic E-state index is 0.149. The van der Waals surface area contributed by atoms with Crippen molar-refractivity contribution in [1.29, 1.82) is 0 Å². The van der Waals surface area contributed by atoms with E-state index in [2.05, 4.69) is 16.4 Å². The van der Waals surface area contributed by atoms with Crippen molar-refractivity contribution in [2.24, 2.45) is 0 Å². The number of methoxy groups -OCH3 is 1. The fourth-order valence-corrected chi connectivity index (χ4v) is 5.20. The second kappa shape index (κ2) is 8.56. The summed E-state index contributed by atoms with van der Waals surface area (Å²) in [6.45, 7) is 2.31. The molecule has 5 rings (SSSR count). The van der Waals surface area contributed by atoms with E-state index < -0.39 is 5.82 Å². The van der Waals surface area contributed by atoms with Crippen LogP contribution in [-0.2, 0) is 6.54 Å². The first kappa shape index (κ1) is 21.5. The predicted molar refractivity (Wildman–Crippen MR) is 125 cm³/mol. The predicted octanol–water partition coefficient (Wildman–Crippen LogP) is 4.62. The normalized spacial score (nSPS) is 19.8. The highest BCUT2D eigenvalue weighted by molar-refractivity contribution is 6.10. The van der Waals surface area contributed by atoms with Crippen LogP contribution in [0.3, 0.4) is 0 Å². The number of ether oxygens (including phenoxy) is 1. The molecule has 3 aromatic rings. The van der Waals surface area contributed by atoms with Crippen LogP contribution in [0.25, 0.3) is 11.3 Å². The average molecular weight is 447 g/mol. The first-order valence-electron chi connectivity index (χ1n) is 11.3. The number of aromatic nitrogens is 2. The standard InChI is InChI=1S/C26H27FN4O2/c1-15-12-21(17-6-4-8-20(17)28-2)30-23(13-15)31-14-18-16(26(31)32)10-11-29-25(18)24-19(27)7-5-9-22(24)33-3/h5,7,9-13,17,20,28H,4,6,8,14H2,1-3H3/t17-,20-/m1/s1. The maximum atomic E-state index is 14.8. The molecule has 0 unspecified atom stereocenters. The van der Waals surface area contributed by atoms with E-state index in [4.69, 9.17) is 9.72 Å². The molecule has 1 amide bonds. The van der Waals surface area contributed by atoms with Crippen LogP contribution >= 0.6 is 0 Å². The van der Waals surface area contributed by atoms with Gasteiger partial charge in [-0.1, -0.05) is 12.5 Å². The molecule has 2 aliphatic rings. The summed E-state index contributed by atoms with van der Waals surface area (Å²) in [6, 6.07) is 10.8. The minimum atomic E-state index is -0.434. The summed E-state index contributed by atoms with van der Waals surface area (Å²) in [5, 5.41) is 3.41. The van der Waals surface area contributed by atoms with Crippen molar-refractivity contribution in [3.8, 4) is 17.0 Å². The number of likely N-dealkylation sites (N-methyl/N-ethyl adjacent to an activating group) is 1. The zero-order valence-corrected chi connectivity index (χ0v) is 19.1. The highest BCUT2D eigenvalue weighted by Gasteiger charge is 2.35. The number of hydrogen-bond acceptors (Lipinski definition) is 5. The second-order valence-corrected chi connectivity index (χ2v) is 8.75. The number of nitrogens with zero attached hydrogens (tertiary/aromatic N) is 3. The number of halogens is 1. The lowest BCUT2D eigenvalue weighted by atomic mass is 9.98. The van der Waals surface area contributed by atoms with Gasteiger partial charge in [0.25, 0.3) is 5.91 Å². The molecular formula is C26H27FN4O2. The van der Waals surface area contributed by atoms with Crippen LogP contribution in [0.1, 0.15) is 52.4 Å². The molecule has 7 heteroatoms. The number of pyridine rings is 2. The lowest BCUT2D eigenvalue weighted by molar-refractivity contribution is 0.0996. The first-order chi connectivity index (χ1) is 16.0. The van der Waals surface area contributed by atoms with E-state index in [0.29, 0.717) is 40.3 Å². The molecule has 1 saturated carbocycles. The molecule has 0 saturated heterocycles. The summed E-state index contributed by atoms with van der Waals surface area (Å²) in [7, 11) is 3.49. The van der Waals surface area contributed by atoms with Gasteiger partial charge in [0, 0.05) is 35.0 Å². The SMILES string of the molecule is CN[C@@H]1CCC[C@H]1c1cc(C)cc(N2Cc3c(ccnc3-c3c(F)cccc3OC)C2=O)n1. The van der Waals surface area contributed by atoms with Crippen molar-refractivity contribution in [2.75, 3.05) is 19.1 Å². The number of fused-ring (bicyclic) bond motifs is 1. The third-order valence-corrected chi connectivity index (χ3v) is 6.80. The number of anilines is 1. The summed E-state index contributed by atoms with van der Waals surface area (Å²) < 4.78 is 20.2. The number of carbonyl (C=O) groups is 1. The Bertz CT molecular complexity index is 1230. The molecule has 6 nitrogen and oxygen atoms in total. The van der Waals surface area contributed by atoms with Crippen molar-refractivity contribution >= 4 is 11.7 Å². The van der Waals surface area contributed by atoms with Crippen LogP contribution in [-0.4, -0.2) is 36.1 Å². The zero-order chi connectivity index (χ0) is 23.1. The molecule has 2 aromatic heterocycles. The van der Waals surface area contributed by atoms with E-state index in [1.807, 2.05) is 20.0 Å². The molecule has 1 aromatic carbocycles. The zero-order valence-electron chi connectivity index (χ0n) is 19.1. The highest BCUT2D eigenvalue weighted by Crippen LogP contribution is 2.39. The fraction of sp³-hybridized carbons (Fsp3) is 0.346. The van der Waals surface area contributed by atoms with Gasteiger partial charge in [-0.25, -0.2) is 9.37 Å². The Labute approximate surface area is 192 Å². The molecule has 0 bridgehead atoms. The molecular weight excluding hydrogens is 419 g/mol. The molecule has 1 aliphatic heterocycles. The smallest absolute Gasteiger partial charge is 0.260 e. The largest absolute Gasteiger partial charge is 0.496 e. The van der Waals surface area contributed by atoms with E-state index in [9.17, 15) is 9.18 Å². The Kier molecular flexibility index (Phi) is 5.58. The van der Waals surface area contributed by atoms with Crippen LogP contribution in [0.5, 0.6) is 5.75 Å². The number of hydrogen-bond donors (Lipinski definition) is 1. The van der Waals surface area contributed by atoms with Crippen LogP contribution in [0, 0.1) is 12.7 Å². The first-order valence-corrected chi connectivity index (χ1v) is 11.3. The van der Waals surface area contributed by atoms with Crippen molar-refractivity contribution in [1.82, 2.24) is 15.3 Å². The molecule has 3 heterocycles. The molecule has 170 valence electrons. The van der Waals surface area contributed by atoms with Crippen LogP contribution in [0.15, 0.2) is 42.6 Å². The van der Waals surface area contributed by atoms with Gasteiger partial charge >= 0.3 is 0 Å². The number of carbonyl (C=O) groups excluding carboxylic acids is 1. The molecule has 1 aliphatic carbocycles. The molecule has 0 radical (unpaired) electrons. The molecule has 1 N–H and O–H groups in total. The van der Waals surface area contributed by atoms with Gasteiger partial charge in [0.1, 0.15) is 17.4 Å². The van der Waals surface area contributed by atoms with Gasteiger partial charge in [-0.3, -0.25) is 14.7 Å². The Morgan fingerprint density at radius 2 is 2.06 bits per heavy atom. The third kappa shape index (κ3) is 3.66. The van der Waals surface area contributed by atoms with Gasteiger partial charge in [-0.05, 0) is 62.7 Å². The van der Waals surface area contributed by atoms with Gasteiger partial charge in [0.2, 0.25) is 0 Å². The fourth-order valence-electron chi connectivity index (χ4n) is 5.20. The van der Waals surface area contributed by atoms with E-state index in [0.717, 1.165) is 30.5 Å². The Morgan fingerprint density at radius 3 is 2.85 bits per heavy atom. The van der Waals surface area contributed by atoms with Gasteiger partial charge < -0.3 is 10.1 Å². The van der Waals surface area contributed by atoms with Crippen LogP contribution in [0.2, 0.25) is 0 Å². The Hall–Kier alpha value is -3.32. The minimum Gasteiger partial charge on any atom is -0.496 e. The lowest BCUT2D eigenvalue weighted by Crippen LogP contribution is -2.29. The Morgan fingerprint density at radius 1 is 1.21 bits per heavy atom. The summed E-state index contributed by atoms with van der Waals surface area (Å²) in [6.07, 6.45) is 4.91. The van der Waals surface area contributed by atoms with Crippen LogP contribution in [0.4, 0.5) is 10.2 Å². The van der Waals surface area contributed by atoms with E-state index >= 15 is 0 Å². The summed E-state index contributed by atoms with van der Waals surface area (Å²) >= 11 is 0. The number of rotatable bonds is 5. The molecule has 1 fully saturated rings. The molecule has 0 spiro atoms. The quantitative estimate of drug-likeness (QED) is 0.620. The van der Waals surface area contributed by atoms with E-state index in [-0.39, 0.29) is 18.0 Å². The van der Waals surface area contributed by atoms with E-state index in [1.54, 1.807) is 29.3 Å². The molecule has 2 atom stereocenters. The summed E-state index contributed by atoms with van der Waals surface area (Å²) in [5.41, 5.74) is 3.98. The Balaban J connectivity index is 1.55. The van der Waals surface area contributed by atoms with E-state index in [1.165, 1.54) is 13.2 Å². The maximum absolute atomic E-state index is 14.8. The number of aryl methyl sites for hydroxylation is 1. The van der Waals surface area contributed by atoms with Crippen molar-refractivity contribution < 1.29 is 13.9 Å². The maximum Gasteiger partial charge on any atom is 0.260 e. The summed E-state index contributed by atoms with van der Waals surface area (Å²) in [5.74, 6) is 0.756. The number of amides is 1. The van der Waals surface area contributed by atoms with Gasteiger partial charge in [-0.15, -0.1) is 0 Å². The van der Waals surface area contributed by atoms with Gasteiger partial charge in [0.15, 0.2) is 0 Å².